The van der Waals surface area contributed by atoms with Crippen LogP contribution in [-0.2, 0) is 4.79 Å². The predicted molar refractivity (Wildman–Crippen MR) is 101 cm³/mol. The van der Waals surface area contributed by atoms with Crippen molar-refractivity contribution < 1.29 is 9.53 Å². The van der Waals surface area contributed by atoms with E-state index in [0.717, 1.165) is 27.5 Å². The lowest BCUT2D eigenvalue weighted by Gasteiger charge is -2.18. The van der Waals surface area contributed by atoms with Crippen molar-refractivity contribution in [1.82, 2.24) is 9.88 Å². The van der Waals surface area contributed by atoms with Crippen LogP contribution in [0.3, 0.4) is 0 Å². The zero-order valence-corrected chi connectivity index (χ0v) is 15.0. The van der Waals surface area contributed by atoms with Gasteiger partial charge in [0, 0.05) is 32.1 Å². The molecule has 2 aromatic carbocycles. The first-order valence-corrected chi connectivity index (χ1v) is 8.28. The van der Waals surface area contributed by atoms with Crippen LogP contribution in [0, 0.1) is 6.92 Å². The average molecular weight is 334 g/mol. The Labute approximate surface area is 148 Å². The minimum absolute atomic E-state index is 0.0533. The van der Waals surface area contributed by atoms with Gasteiger partial charge in [0.2, 0.25) is 0 Å². The van der Waals surface area contributed by atoms with E-state index >= 15 is 0 Å². The number of hydrogen-bond donors (Lipinski definition) is 0. The Kier molecular flexibility index (Phi) is 4.70. The average Bonchev–Trinajstić information content (AvgIpc) is 2.60. The van der Waals surface area contributed by atoms with Crippen molar-refractivity contribution in [3.8, 4) is 16.9 Å². The highest BCUT2D eigenvalue weighted by atomic mass is 16.5. The molecule has 0 aliphatic heterocycles. The fraction of sp³-hybridized carbons (Fsp3) is 0.238. The SMILES string of the molecule is Cc1cncc(-c2ccc3cc(OC(C)C(=O)N(C)C)ccc3c2)c1. The summed E-state index contributed by atoms with van der Waals surface area (Å²) in [6.07, 6.45) is 3.22. The Bertz CT molecular complexity index is 919. The van der Waals surface area contributed by atoms with E-state index in [1.165, 1.54) is 4.90 Å². The number of likely N-dealkylation sites (N-methyl/N-ethyl adjacent to an activating group) is 1. The van der Waals surface area contributed by atoms with Gasteiger partial charge in [-0.3, -0.25) is 9.78 Å². The highest BCUT2D eigenvalue weighted by Crippen LogP contribution is 2.27. The summed E-state index contributed by atoms with van der Waals surface area (Å²) in [6, 6.07) is 14.3. The molecule has 0 aliphatic rings. The van der Waals surface area contributed by atoms with Crippen molar-refractivity contribution in [2.45, 2.75) is 20.0 Å². The van der Waals surface area contributed by atoms with E-state index in [0.29, 0.717) is 5.75 Å². The number of aryl methyl sites for hydroxylation is 1. The number of pyridine rings is 1. The summed E-state index contributed by atoms with van der Waals surface area (Å²) in [5, 5.41) is 2.20. The second-order valence-corrected chi connectivity index (χ2v) is 6.47. The first kappa shape index (κ1) is 17.0. The van der Waals surface area contributed by atoms with Crippen molar-refractivity contribution in [3.05, 3.63) is 60.4 Å². The molecule has 0 N–H and O–H groups in total. The molecule has 3 aromatic rings. The Hall–Kier alpha value is -2.88. The number of carbonyl (C=O) groups is 1. The maximum Gasteiger partial charge on any atom is 0.262 e. The number of hydrogen-bond acceptors (Lipinski definition) is 3. The van der Waals surface area contributed by atoms with Crippen LogP contribution >= 0.6 is 0 Å². The van der Waals surface area contributed by atoms with Gasteiger partial charge in [0.25, 0.3) is 5.91 Å². The smallest absolute Gasteiger partial charge is 0.262 e. The summed E-state index contributed by atoms with van der Waals surface area (Å²) in [7, 11) is 3.45. The number of amides is 1. The lowest BCUT2D eigenvalue weighted by molar-refractivity contribution is -0.135. The highest BCUT2D eigenvalue weighted by Gasteiger charge is 2.16. The van der Waals surface area contributed by atoms with Gasteiger partial charge >= 0.3 is 0 Å². The van der Waals surface area contributed by atoms with Gasteiger partial charge in [-0.2, -0.15) is 0 Å². The molecule has 0 saturated carbocycles. The third-order valence-electron chi connectivity index (χ3n) is 4.12. The van der Waals surface area contributed by atoms with Crippen LogP contribution in [0.4, 0.5) is 0 Å². The third-order valence-corrected chi connectivity index (χ3v) is 4.12. The van der Waals surface area contributed by atoms with Crippen LogP contribution in [0.2, 0.25) is 0 Å². The minimum Gasteiger partial charge on any atom is -0.481 e. The van der Waals surface area contributed by atoms with Gasteiger partial charge in [-0.15, -0.1) is 0 Å². The molecule has 3 rings (SSSR count). The number of fused-ring (bicyclic) bond motifs is 1. The molecule has 25 heavy (non-hydrogen) atoms. The molecule has 0 radical (unpaired) electrons. The Morgan fingerprint density at radius 1 is 1.00 bits per heavy atom. The fourth-order valence-corrected chi connectivity index (χ4v) is 2.81. The van der Waals surface area contributed by atoms with Crippen LogP contribution in [0.15, 0.2) is 54.9 Å². The third kappa shape index (κ3) is 3.79. The maximum absolute atomic E-state index is 11.9. The number of carbonyl (C=O) groups excluding carboxylic acids is 1. The van der Waals surface area contributed by atoms with E-state index in [2.05, 4.69) is 29.2 Å². The predicted octanol–water partition coefficient (Wildman–Crippen LogP) is 4.07. The molecular weight excluding hydrogens is 312 g/mol. The van der Waals surface area contributed by atoms with E-state index in [-0.39, 0.29) is 5.91 Å². The molecule has 1 aromatic heterocycles. The largest absolute Gasteiger partial charge is 0.481 e. The number of ether oxygens (including phenoxy) is 1. The van der Waals surface area contributed by atoms with Gasteiger partial charge in [-0.1, -0.05) is 18.2 Å². The van der Waals surface area contributed by atoms with Gasteiger partial charge in [0.1, 0.15) is 5.75 Å². The fourth-order valence-electron chi connectivity index (χ4n) is 2.81. The summed E-state index contributed by atoms with van der Waals surface area (Å²) >= 11 is 0. The van der Waals surface area contributed by atoms with Crippen LogP contribution < -0.4 is 4.74 Å². The summed E-state index contributed by atoms with van der Waals surface area (Å²) < 4.78 is 5.77. The van der Waals surface area contributed by atoms with E-state index in [4.69, 9.17) is 4.74 Å². The van der Waals surface area contributed by atoms with E-state index < -0.39 is 6.10 Å². The van der Waals surface area contributed by atoms with E-state index in [1.54, 1.807) is 21.0 Å². The van der Waals surface area contributed by atoms with Crippen molar-refractivity contribution in [2.24, 2.45) is 0 Å². The second kappa shape index (κ2) is 6.93. The zero-order chi connectivity index (χ0) is 18.0. The van der Waals surface area contributed by atoms with Crippen molar-refractivity contribution in [3.63, 3.8) is 0 Å². The van der Waals surface area contributed by atoms with Crippen molar-refractivity contribution in [1.29, 1.82) is 0 Å². The summed E-state index contributed by atoms with van der Waals surface area (Å²) in [5.41, 5.74) is 3.38. The summed E-state index contributed by atoms with van der Waals surface area (Å²) in [5.74, 6) is 0.641. The number of nitrogens with zero attached hydrogens (tertiary/aromatic N) is 2. The van der Waals surface area contributed by atoms with Gasteiger partial charge in [-0.05, 0) is 60.0 Å². The van der Waals surface area contributed by atoms with Gasteiger partial charge < -0.3 is 9.64 Å². The van der Waals surface area contributed by atoms with Crippen LogP contribution in [-0.4, -0.2) is 36.0 Å². The number of aromatic nitrogens is 1. The second-order valence-electron chi connectivity index (χ2n) is 6.47. The molecule has 1 atom stereocenters. The first-order chi connectivity index (χ1) is 11.9. The van der Waals surface area contributed by atoms with Crippen LogP contribution in [0.25, 0.3) is 21.9 Å². The minimum atomic E-state index is -0.509. The Morgan fingerprint density at radius 2 is 1.72 bits per heavy atom. The molecule has 0 aliphatic carbocycles. The molecule has 128 valence electrons. The lowest BCUT2D eigenvalue weighted by atomic mass is 10.0. The topological polar surface area (TPSA) is 42.4 Å². The quantitative estimate of drug-likeness (QED) is 0.722. The Balaban J connectivity index is 1.87. The number of benzene rings is 2. The molecule has 4 nitrogen and oxygen atoms in total. The molecular formula is C21H22N2O2. The van der Waals surface area contributed by atoms with Gasteiger partial charge in [0.15, 0.2) is 6.10 Å². The number of rotatable bonds is 4. The standard InChI is InChI=1S/C21H22N2O2/c1-14-9-19(13-22-12-14)17-5-6-18-11-20(8-7-16(18)10-17)25-15(2)21(24)23(3)4/h5-13,15H,1-4H3. The van der Waals surface area contributed by atoms with Gasteiger partial charge in [0.05, 0.1) is 0 Å². The summed E-state index contributed by atoms with van der Waals surface area (Å²) in [4.78, 5) is 17.7. The van der Waals surface area contributed by atoms with Crippen LogP contribution in [0.5, 0.6) is 5.75 Å². The van der Waals surface area contributed by atoms with Crippen molar-refractivity contribution in [2.75, 3.05) is 14.1 Å². The molecule has 0 saturated heterocycles. The molecule has 1 amide bonds. The maximum atomic E-state index is 11.9. The molecule has 0 spiro atoms. The summed E-state index contributed by atoms with van der Waals surface area (Å²) in [6.45, 7) is 3.80. The Morgan fingerprint density at radius 3 is 2.44 bits per heavy atom. The van der Waals surface area contributed by atoms with E-state index in [1.807, 2.05) is 37.5 Å². The molecule has 4 heteroatoms. The normalized spacial score (nSPS) is 12.0. The molecule has 0 fully saturated rings. The van der Waals surface area contributed by atoms with Crippen molar-refractivity contribution >= 4 is 16.7 Å². The monoisotopic (exact) mass is 334 g/mol. The van der Waals surface area contributed by atoms with E-state index in [9.17, 15) is 4.79 Å². The molecule has 1 heterocycles. The molecule has 0 bridgehead atoms. The highest BCUT2D eigenvalue weighted by molar-refractivity contribution is 5.88. The van der Waals surface area contributed by atoms with Crippen LogP contribution in [0.1, 0.15) is 12.5 Å². The first-order valence-electron chi connectivity index (χ1n) is 8.28. The zero-order valence-electron chi connectivity index (χ0n) is 15.0. The lowest BCUT2D eigenvalue weighted by Crippen LogP contribution is -2.35. The molecule has 1 unspecified atom stereocenters. The van der Waals surface area contributed by atoms with Gasteiger partial charge in [-0.25, -0.2) is 0 Å².